The van der Waals surface area contributed by atoms with Crippen LogP contribution < -0.4 is 10.1 Å². The van der Waals surface area contributed by atoms with E-state index in [1.165, 1.54) is 6.08 Å². The van der Waals surface area contributed by atoms with Crippen LogP contribution in [-0.4, -0.2) is 13.0 Å². The second-order valence-corrected chi connectivity index (χ2v) is 4.29. The third-order valence-corrected chi connectivity index (χ3v) is 2.85. The molecule has 0 fully saturated rings. The number of methoxy groups -OCH3 is 1. The van der Waals surface area contributed by atoms with Gasteiger partial charge < -0.3 is 10.1 Å². The first-order chi connectivity index (χ1) is 10.2. The molecule has 2 rings (SSSR count). The first kappa shape index (κ1) is 14.4. The molecule has 3 heteroatoms. The van der Waals surface area contributed by atoms with Gasteiger partial charge in [0.05, 0.1) is 7.11 Å². The van der Waals surface area contributed by atoms with Gasteiger partial charge >= 0.3 is 0 Å². The van der Waals surface area contributed by atoms with E-state index in [1.54, 1.807) is 37.5 Å². The van der Waals surface area contributed by atoms with Gasteiger partial charge in [-0.15, -0.1) is 6.42 Å². The lowest BCUT2D eigenvalue weighted by Gasteiger charge is -2.04. The van der Waals surface area contributed by atoms with Crippen LogP contribution in [0.2, 0.25) is 0 Å². The van der Waals surface area contributed by atoms with Crippen LogP contribution in [0.5, 0.6) is 5.75 Å². The summed E-state index contributed by atoms with van der Waals surface area (Å²) in [6.45, 7) is 0. The van der Waals surface area contributed by atoms with E-state index in [-0.39, 0.29) is 5.91 Å². The van der Waals surface area contributed by atoms with Gasteiger partial charge in [-0.3, -0.25) is 4.79 Å². The number of carbonyl (C=O) groups is 1. The highest BCUT2D eigenvalue weighted by Gasteiger charge is 2.00. The van der Waals surface area contributed by atoms with Crippen molar-refractivity contribution < 1.29 is 9.53 Å². The van der Waals surface area contributed by atoms with Crippen LogP contribution >= 0.6 is 0 Å². The first-order valence-electron chi connectivity index (χ1n) is 6.41. The molecule has 0 heterocycles. The molecule has 2 aromatic rings. The standard InChI is InChI=1S/C18H15NO2/c1-3-14-7-6-9-16(13-14)19-18(20)12-11-15-8-4-5-10-17(15)21-2/h1,4-13H,2H3,(H,19,20)/b12-11+. The fraction of sp³-hybridized carbons (Fsp3) is 0.0556. The normalized spacial score (nSPS) is 10.1. The molecule has 0 aromatic heterocycles. The summed E-state index contributed by atoms with van der Waals surface area (Å²) in [5.41, 5.74) is 2.23. The predicted octanol–water partition coefficient (Wildman–Crippen LogP) is 3.33. The van der Waals surface area contributed by atoms with E-state index >= 15 is 0 Å². The number of anilines is 1. The molecule has 3 nitrogen and oxygen atoms in total. The number of hydrogen-bond donors (Lipinski definition) is 1. The van der Waals surface area contributed by atoms with E-state index < -0.39 is 0 Å². The highest BCUT2D eigenvalue weighted by Crippen LogP contribution is 2.18. The van der Waals surface area contributed by atoms with Gasteiger partial charge in [0, 0.05) is 22.9 Å². The van der Waals surface area contributed by atoms with Gasteiger partial charge in [-0.25, -0.2) is 0 Å². The second kappa shape index (κ2) is 6.97. The van der Waals surface area contributed by atoms with Crippen LogP contribution in [0.1, 0.15) is 11.1 Å². The Morgan fingerprint density at radius 1 is 1.24 bits per heavy atom. The van der Waals surface area contributed by atoms with Crippen molar-refractivity contribution in [2.75, 3.05) is 12.4 Å². The largest absolute Gasteiger partial charge is 0.496 e. The number of carbonyl (C=O) groups excluding carboxylic acids is 1. The van der Waals surface area contributed by atoms with Crippen LogP contribution in [0.4, 0.5) is 5.69 Å². The fourth-order valence-electron chi connectivity index (χ4n) is 1.84. The molecule has 1 N–H and O–H groups in total. The Morgan fingerprint density at radius 2 is 2.05 bits per heavy atom. The average Bonchev–Trinajstić information content (AvgIpc) is 2.53. The van der Waals surface area contributed by atoms with Gasteiger partial charge in [0.2, 0.25) is 5.91 Å². The molecule has 0 atom stereocenters. The van der Waals surface area contributed by atoms with Gasteiger partial charge in [0.25, 0.3) is 0 Å². The highest BCUT2D eigenvalue weighted by atomic mass is 16.5. The number of hydrogen-bond acceptors (Lipinski definition) is 2. The van der Waals surface area contributed by atoms with Crippen molar-refractivity contribution in [1.29, 1.82) is 0 Å². The molecular weight excluding hydrogens is 262 g/mol. The maximum Gasteiger partial charge on any atom is 0.248 e. The van der Waals surface area contributed by atoms with E-state index in [0.717, 1.165) is 16.9 Å². The maximum absolute atomic E-state index is 11.9. The molecule has 0 spiro atoms. The lowest BCUT2D eigenvalue weighted by Crippen LogP contribution is -2.07. The van der Waals surface area contributed by atoms with Crippen LogP contribution in [0.3, 0.4) is 0 Å². The van der Waals surface area contributed by atoms with Crippen LogP contribution in [0.15, 0.2) is 54.6 Å². The monoisotopic (exact) mass is 277 g/mol. The minimum absolute atomic E-state index is 0.227. The van der Waals surface area contributed by atoms with Gasteiger partial charge in [-0.1, -0.05) is 30.2 Å². The molecule has 0 aliphatic rings. The quantitative estimate of drug-likeness (QED) is 0.687. The predicted molar refractivity (Wildman–Crippen MR) is 85.0 cm³/mol. The van der Waals surface area contributed by atoms with Crippen molar-refractivity contribution in [2.45, 2.75) is 0 Å². The Hall–Kier alpha value is -2.99. The molecule has 0 unspecified atom stereocenters. The number of terminal acetylenes is 1. The van der Waals surface area contributed by atoms with Gasteiger partial charge in [0.15, 0.2) is 0 Å². The molecule has 0 aliphatic heterocycles. The highest BCUT2D eigenvalue weighted by molar-refractivity contribution is 6.02. The molecule has 21 heavy (non-hydrogen) atoms. The van der Waals surface area contributed by atoms with Crippen molar-refractivity contribution in [2.24, 2.45) is 0 Å². The number of nitrogens with one attached hydrogen (secondary N) is 1. The molecule has 0 saturated carbocycles. The van der Waals surface area contributed by atoms with Crippen molar-refractivity contribution >= 4 is 17.7 Å². The molecular formula is C18H15NO2. The number of benzene rings is 2. The third-order valence-electron chi connectivity index (χ3n) is 2.85. The zero-order valence-electron chi connectivity index (χ0n) is 11.7. The average molecular weight is 277 g/mol. The van der Waals surface area contributed by atoms with Gasteiger partial charge in [-0.2, -0.15) is 0 Å². The summed E-state index contributed by atoms with van der Waals surface area (Å²) in [6, 6.07) is 14.6. The van der Waals surface area contributed by atoms with E-state index in [0.29, 0.717) is 5.69 Å². The maximum atomic E-state index is 11.9. The lowest BCUT2D eigenvalue weighted by molar-refractivity contribution is -0.111. The van der Waals surface area contributed by atoms with Crippen molar-refractivity contribution in [3.05, 3.63) is 65.7 Å². The van der Waals surface area contributed by atoms with Crippen molar-refractivity contribution in [3.63, 3.8) is 0 Å². The fourth-order valence-corrected chi connectivity index (χ4v) is 1.84. The number of amides is 1. The van der Waals surface area contributed by atoms with E-state index in [9.17, 15) is 4.79 Å². The molecule has 0 bridgehead atoms. The summed E-state index contributed by atoms with van der Waals surface area (Å²) in [7, 11) is 1.60. The summed E-state index contributed by atoms with van der Waals surface area (Å²) in [5.74, 6) is 3.02. The Kier molecular flexibility index (Phi) is 4.79. The van der Waals surface area contributed by atoms with E-state index in [4.69, 9.17) is 11.2 Å². The first-order valence-corrected chi connectivity index (χ1v) is 6.41. The molecule has 2 aromatic carbocycles. The van der Waals surface area contributed by atoms with E-state index in [1.807, 2.05) is 24.3 Å². The topological polar surface area (TPSA) is 38.3 Å². The SMILES string of the molecule is C#Cc1cccc(NC(=O)/C=C/c2ccccc2OC)c1. The number of ether oxygens (including phenoxy) is 1. The summed E-state index contributed by atoms with van der Waals surface area (Å²) >= 11 is 0. The van der Waals surface area contributed by atoms with Crippen LogP contribution in [0, 0.1) is 12.3 Å². The summed E-state index contributed by atoms with van der Waals surface area (Å²) in [4.78, 5) is 11.9. The van der Waals surface area contributed by atoms with Crippen LogP contribution in [-0.2, 0) is 4.79 Å². The molecule has 0 aliphatic carbocycles. The van der Waals surface area contributed by atoms with E-state index in [2.05, 4.69) is 11.2 Å². The Labute approximate surface area is 124 Å². The van der Waals surface area contributed by atoms with Gasteiger partial charge in [0.1, 0.15) is 5.75 Å². The Morgan fingerprint density at radius 3 is 2.81 bits per heavy atom. The zero-order chi connectivity index (χ0) is 15.1. The number of para-hydroxylation sites is 1. The molecule has 0 radical (unpaired) electrons. The Balaban J connectivity index is 2.07. The molecule has 104 valence electrons. The van der Waals surface area contributed by atoms with Gasteiger partial charge in [-0.05, 0) is 30.3 Å². The Bertz CT molecular complexity index is 711. The zero-order valence-corrected chi connectivity index (χ0v) is 11.7. The summed E-state index contributed by atoms with van der Waals surface area (Å²) < 4.78 is 5.22. The summed E-state index contributed by atoms with van der Waals surface area (Å²) in [5, 5.41) is 2.76. The minimum atomic E-state index is -0.227. The van der Waals surface area contributed by atoms with Crippen molar-refractivity contribution in [1.82, 2.24) is 0 Å². The third kappa shape index (κ3) is 3.99. The van der Waals surface area contributed by atoms with Crippen LogP contribution in [0.25, 0.3) is 6.08 Å². The van der Waals surface area contributed by atoms with Crippen molar-refractivity contribution in [3.8, 4) is 18.1 Å². The smallest absolute Gasteiger partial charge is 0.248 e. The molecule has 1 amide bonds. The summed E-state index contributed by atoms with van der Waals surface area (Å²) in [6.07, 6.45) is 8.49. The number of rotatable bonds is 4. The second-order valence-electron chi connectivity index (χ2n) is 4.29. The minimum Gasteiger partial charge on any atom is -0.496 e. The molecule has 0 saturated heterocycles. The lowest BCUT2D eigenvalue weighted by atomic mass is 10.2.